The minimum absolute atomic E-state index is 0.0637. The van der Waals surface area contributed by atoms with Crippen LogP contribution < -0.4 is 0 Å². The molecule has 2 fully saturated rings. The molecule has 6 heteroatoms. The van der Waals surface area contributed by atoms with Gasteiger partial charge in [-0.15, -0.1) is 0 Å². The minimum Gasteiger partial charge on any atom is -0.335 e. The van der Waals surface area contributed by atoms with E-state index in [-0.39, 0.29) is 17.9 Å². The fourth-order valence-corrected chi connectivity index (χ4v) is 4.30. The molecule has 3 unspecified atom stereocenters. The second kappa shape index (κ2) is 5.88. The Hall–Kier alpha value is -1.88. The largest absolute Gasteiger partial charge is 0.335 e. The van der Waals surface area contributed by atoms with Crippen LogP contribution in [0.1, 0.15) is 48.0 Å². The monoisotopic (exact) mass is 344 g/mol. The highest BCUT2D eigenvalue weighted by molar-refractivity contribution is 6.30. The van der Waals surface area contributed by atoms with Crippen molar-refractivity contribution in [1.29, 1.82) is 0 Å². The van der Waals surface area contributed by atoms with Crippen molar-refractivity contribution in [3.63, 3.8) is 0 Å². The minimum atomic E-state index is 0.0637. The lowest BCUT2D eigenvalue weighted by Gasteiger charge is -2.25. The molecule has 0 aromatic carbocycles. The van der Waals surface area contributed by atoms with Crippen LogP contribution in [0.5, 0.6) is 0 Å². The first-order valence-electron chi connectivity index (χ1n) is 8.47. The zero-order valence-corrected chi connectivity index (χ0v) is 14.7. The summed E-state index contributed by atoms with van der Waals surface area (Å²) in [5.41, 5.74) is 3.11. The molecule has 2 aromatic heterocycles. The highest BCUT2D eigenvalue weighted by Crippen LogP contribution is 2.50. The van der Waals surface area contributed by atoms with Gasteiger partial charge in [-0.25, -0.2) is 0 Å². The Morgan fingerprint density at radius 2 is 2.25 bits per heavy atom. The fourth-order valence-electron chi connectivity index (χ4n) is 4.00. The van der Waals surface area contributed by atoms with E-state index in [2.05, 4.69) is 16.1 Å². The first-order chi connectivity index (χ1) is 11.6. The highest BCUT2D eigenvalue weighted by Gasteiger charge is 2.48. The summed E-state index contributed by atoms with van der Waals surface area (Å²) in [6.07, 6.45) is 6.55. The summed E-state index contributed by atoms with van der Waals surface area (Å²) < 4.78 is 1.70. The number of carbonyl (C=O) groups is 1. The number of hydrogen-bond donors (Lipinski definition) is 0. The number of amides is 1. The van der Waals surface area contributed by atoms with Gasteiger partial charge in [0.15, 0.2) is 0 Å². The third-order valence-electron chi connectivity index (χ3n) is 5.29. The summed E-state index contributed by atoms with van der Waals surface area (Å²) >= 11 is 6.44. The molecule has 2 aliphatic rings. The maximum absolute atomic E-state index is 13.0. The Labute approximate surface area is 146 Å². The molecule has 0 bridgehead atoms. The number of nitrogens with zero attached hydrogens (tertiary/aromatic N) is 4. The number of halogens is 1. The summed E-state index contributed by atoms with van der Waals surface area (Å²) in [4.78, 5) is 19.2. The van der Waals surface area contributed by atoms with E-state index in [1.165, 1.54) is 5.56 Å². The molecule has 0 radical (unpaired) electrons. The number of rotatable bonds is 3. The normalized spacial score (nSPS) is 26.0. The van der Waals surface area contributed by atoms with Crippen molar-refractivity contribution < 1.29 is 4.79 Å². The average Bonchev–Trinajstić information content (AvgIpc) is 3.18. The first kappa shape index (κ1) is 15.6. The van der Waals surface area contributed by atoms with Gasteiger partial charge in [-0.1, -0.05) is 17.7 Å². The molecule has 1 saturated heterocycles. The number of aromatic nitrogens is 3. The molecular formula is C18H21ClN4O. The molecule has 24 heavy (non-hydrogen) atoms. The molecule has 1 aliphatic heterocycles. The molecule has 3 heterocycles. The van der Waals surface area contributed by atoms with E-state index in [0.29, 0.717) is 11.1 Å². The molecule has 5 nitrogen and oxygen atoms in total. The molecule has 1 aliphatic carbocycles. The number of hydrogen-bond acceptors (Lipinski definition) is 3. The van der Waals surface area contributed by atoms with Crippen LogP contribution in [0.15, 0.2) is 24.5 Å². The van der Waals surface area contributed by atoms with E-state index in [4.69, 9.17) is 11.6 Å². The average molecular weight is 345 g/mol. The standard InChI is InChI=1S/C18H21ClN4O/c1-11-16(17(19)22(2)21-11)15-6-4-8-23(15)18(24)14-9-13(14)12-5-3-7-20-10-12/h3,5,7,10,13-15H,4,6,8-9H2,1-2H3. The van der Waals surface area contributed by atoms with Gasteiger partial charge >= 0.3 is 0 Å². The predicted molar refractivity (Wildman–Crippen MR) is 91.7 cm³/mol. The Balaban J connectivity index is 1.55. The second-order valence-corrected chi connectivity index (χ2v) is 7.20. The van der Waals surface area contributed by atoms with Crippen LogP contribution in [0.2, 0.25) is 5.15 Å². The van der Waals surface area contributed by atoms with Crippen molar-refractivity contribution >= 4 is 17.5 Å². The van der Waals surface area contributed by atoms with E-state index in [9.17, 15) is 4.79 Å². The van der Waals surface area contributed by atoms with E-state index >= 15 is 0 Å². The van der Waals surface area contributed by atoms with Crippen molar-refractivity contribution in [2.24, 2.45) is 13.0 Å². The van der Waals surface area contributed by atoms with Crippen LogP contribution in [0.25, 0.3) is 0 Å². The Morgan fingerprint density at radius 3 is 2.92 bits per heavy atom. The topological polar surface area (TPSA) is 51.0 Å². The van der Waals surface area contributed by atoms with Gasteiger partial charge in [0.1, 0.15) is 5.15 Å². The SMILES string of the molecule is Cc1nn(C)c(Cl)c1C1CCCN1C(=O)C1CC1c1cccnc1. The van der Waals surface area contributed by atoms with Crippen LogP contribution in [0.4, 0.5) is 0 Å². The first-order valence-corrected chi connectivity index (χ1v) is 8.85. The zero-order chi connectivity index (χ0) is 16.8. The van der Waals surface area contributed by atoms with Gasteiger partial charge in [0.25, 0.3) is 0 Å². The lowest BCUT2D eigenvalue weighted by atomic mass is 10.0. The molecule has 2 aromatic rings. The molecule has 1 amide bonds. The third kappa shape index (κ3) is 2.51. The lowest BCUT2D eigenvalue weighted by Crippen LogP contribution is -2.32. The Bertz CT molecular complexity index is 773. The fraction of sp³-hybridized carbons (Fsp3) is 0.500. The van der Waals surface area contributed by atoms with E-state index < -0.39 is 0 Å². The second-order valence-electron chi connectivity index (χ2n) is 6.84. The third-order valence-corrected chi connectivity index (χ3v) is 5.73. The van der Waals surface area contributed by atoms with Crippen molar-refractivity contribution in [2.75, 3.05) is 6.54 Å². The van der Waals surface area contributed by atoms with Crippen molar-refractivity contribution in [1.82, 2.24) is 19.7 Å². The molecule has 4 rings (SSSR count). The summed E-state index contributed by atoms with van der Waals surface area (Å²) in [6, 6.07) is 4.06. The quantitative estimate of drug-likeness (QED) is 0.858. The smallest absolute Gasteiger partial charge is 0.226 e. The van der Waals surface area contributed by atoms with Gasteiger partial charge < -0.3 is 4.90 Å². The van der Waals surface area contributed by atoms with Crippen LogP contribution in [0.3, 0.4) is 0 Å². The lowest BCUT2D eigenvalue weighted by molar-refractivity contribution is -0.133. The van der Waals surface area contributed by atoms with Gasteiger partial charge in [-0.2, -0.15) is 5.10 Å². The highest BCUT2D eigenvalue weighted by atomic mass is 35.5. The summed E-state index contributed by atoms with van der Waals surface area (Å²) in [7, 11) is 1.85. The molecule has 0 spiro atoms. The van der Waals surface area contributed by atoms with Gasteiger partial charge in [0, 0.05) is 37.5 Å². The van der Waals surface area contributed by atoms with Crippen LogP contribution in [0, 0.1) is 12.8 Å². The number of aryl methyl sites for hydroxylation is 2. The van der Waals surface area contributed by atoms with Gasteiger partial charge in [-0.05, 0) is 43.7 Å². The number of pyridine rings is 1. The van der Waals surface area contributed by atoms with Crippen LogP contribution >= 0.6 is 11.6 Å². The van der Waals surface area contributed by atoms with Crippen LogP contribution in [-0.2, 0) is 11.8 Å². The molecule has 126 valence electrons. The molecule has 3 atom stereocenters. The van der Waals surface area contributed by atoms with Gasteiger partial charge in [0.2, 0.25) is 5.91 Å². The van der Waals surface area contributed by atoms with E-state index in [1.54, 1.807) is 10.9 Å². The van der Waals surface area contributed by atoms with E-state index in [1.807, 2.05) is 31.1 Å². The van der Waals surface area contributed by atoms with Gasteiger partial charge in [0.05, 0.1) is 11.7 Å². The maximum Gasteiger partial charge on any atom is 0.226 e. The van der Waals surface area contributed by atoms with E-state index in [0.717, 1.165) is 37.1 Å². The number of likely N-dealkylation sites (tertiary alicyclic amines) is 1. The molecular weight excluding hydrogens is 324 g/mol. The Kier molecular flexibility index (Phi) is 3.83. The van der Waals surface area contributed by atoms with Crippen molar-refractivity contribution in [2.45, 2.75) is 38.1 Å². The van der Waals surface area contributed by atoms with Crippen LogP contribution in [-0.4, -0.2) is 32.1 Å². The van der Waals surface area contributed by atoms with Crippen molar-refractivity contribution in [3.05, 3.63) is 46.5 Å². The summed E-state index contributed by atoms with van der Waals surface area (Å²) in [5, 5.41) is 5.06. The Morgan fingerprint density at radius 1 is 1.42 bits per heavy atom. The summed E-state index contributed by atoms with van der Waals surface area (Å²) in [5.74, 6) is 0.661. The zero-order valence-electron chi connectivity index (χ0n) is 13.9. The maximum atomic E-state index is 13.0. The van der Waals surface area contributed by atoms with Crippen molar-refractivity contribution in [3.8, 4) is 0 Å². The predicted octanol–water partition coefficient (Wildman–Crippen LogP) is 3.24. The number of carbonyl (C=O) groups excluding carboxylic acids is 1. The van der Waals surface area contributed by atoms with Gasteiger partial charge in [-0.3, -0.25) is 14.5 Å². The summed E-state index contributed by atoms with van der Waals surface area (Å²) in [6.45, 7) is 2.78. The molecule has 1 saturated carbocycles. The molecule has 0 N–H and O–H groups in total.